The van der Waals surface area contributed by atoms with Gasteiger partial charge in [0.15, 0.2) is 4.73 Å². The molecule has 0 saturated heterocycles. The summed E-state index contributed by atoms with van der Waals surface area (Å²) >= 11 is 3.09. The predicted molar refractivity (Wildman–Crippen MR) is 63.3 cm³/mol. The van der Waals surface area contributed by atoms with E-state index in [-0.39, 0.29) is 6.42 Å². The average Bonchev–Trinajstić information content (AvgIpc) is 2.15. The first-order valence-corrected chi connectivity index (χ1v) is 5.62. The van der Waals surface area contributed by atoms with Crippen LogP contribution in [0.25, 0.3) is 0 Å². The average molecular weight is 302 g/mol. The van der Waals surface area contributed by atoms with E-state index in [0.717, 1.165) is 0 Å². The standard InChI is InChI=1S/C10H12BrN3O3/c1-10(2,8(16)17)14-7(15)5-6-3-4-12-9(11)13-6/h3-4H,5H2,1-2H3,(H,14,15)(H,16,17). The molecule has 1 aromatic rings. The zero-order chi connectivity index (χ0) is 13.1. The second kappa shape index (κ2) is 5.22. The molecule has 0 aliphatic rings. The molecule has 1 rings (SSSR count). The number of carbonyl (C=O) groups excluding carboxylic acids is 1. The monoisotopic (exact) mass is 301 g/mol. The number of nitrogens with one attached hydrogen (secondary N) is 1. The maximum Gasteiger partial charge on any atom is 0.328 e. The summed E-state index contributed by atoms with van der Waals surface area (Å²) < 4.78 is 0.389. The first kappa shape index (κ1) is 13.6. The summed E-state index contributed by atoms with van der Waals surface area (Å²) in [4.78, 5) is 30.2. The van der Waals surface area contributed by atoms with Gasteiger partial charge in [0, 0.05) is 6.20 Å². The SMILES string of the molecule is CC(C)(NC(=O)Cc1ccnc(Br)n1)C(=O)O. The van der Waals surface area contributed by atoms with Gasteiger partial charge in [0.2, 0.25) is 5.91 Å². The van der Waals surface area contributed by atoms with Crippen molar-refractivity contribution in [3.8, 4) is 0 Å². The number of aliphatic carboxylic acids is 1. The fourth-order valence-corrected chi connectivity index (χ4v) is 1.42. The lowest BCUT2D eigenvalue weighted by Gasteiger charge is -2.20. The molecule has 92 valence electrons. The number of hydrogen-bond donors (Lipinski definition) is 2. The molecule has 17 heavy (non-hydrogen) atoms. The van der Waals surface area contributed by atoms with E-state index in [4.69, 9.17) is 5.11 Å². The number of aromatic nitrogens is 2. The Hall–Kier alpha value is -1.50. The van der Waals surface area contributed by atoms with Crippen LogP contribution in [0.15, 0.2) is 17.0 Å². The summed E-state index contributed by atoms with van der Waals surface area (Å²) in [6.45, 7) is 2.84. The zero-order valence-electron chi connectivity index (χ0n) is 9.40. The van der Waals surface area contributed by atoms with Crippen LogP contribution in [0.1, 0.15) is 19.5 Å². The molecule has 0 aromatic carbocycles. The number of rotatable bonds is 4. The van der Waals surface area contributed by atoms with Crippen molar-refractivity contribution >= 4 is 27.8 Å². The second-order valence-corrected chi connectivity index (χ2v) is 4.68. The molecule has 0 aliphatic carbocycles. The predicted octanol–water partition coefficient (Wildman–Crippen LogP) is 0.761. The highest BCUT2D eigenvalue weighted by Gasteiger charge is 2.28. The molecule has 0 unspecified atom stereocenters. The molecule has 0 fully saturated rings. The molecule has 0 aliphatic heterocycles. The van der Waals surface area contributed by atoms with Gasteiger partial charge in [0.1, 0.15) is 5.54 Å². The van der Waals surface area contributed by atoms with Gasteiger partial charge in [-0.3, -0.25) is 4.79 Å². The number of halogens is 1. The third kappa shape index (κ3) is 4.10. The van der Waals surface area contributed by atoms with Crippen molar-refractivity contribution in [3.05, 3.63) is 22.7 Å². The molecular weight excluding hydrogens is 290 g/mol. The summed E-state index contributed by atoms with van der Waals surface area (Å²) in [6.07, 6.45) is 1.53. The van der Waals surface area contributed by atoms with E-state index in [9.17, 15) is 9.59 Å². The molecule has 1 heterocycles. The number of hydrogen-bond acceptors (Lipinski definition) is 4. The summed E-state index contributed by atoms with van der Waals surface area (Å²) in [5.74, 6) is -1.49. The van der Waals surface area contributed by atoms with Crippen molar-refractivity contribution in [2.24, 2.45) is 0 Å². The summed E-state index contributed by atoms with van der Waals surface area (Å²) in [5.41, 5.74) is -0.771. The Kier molecular flexibility index (Phi) is 4.17. The van der Waals surface area contributed by atoms with Crippen LogP contribution < -0.4 is 5.32 Å². The minimum atomic E-state index is -1.29. The van der Waals surface area contributed by atoms with Crippen LogP contribution in [0.2, 0.25) is 0 Å². The largest absolute Gasteiger partial charge is 0.480 e. The number of carboxylic acids is 1. The van der Waals surface area contributed by atoms with E-state index in [0.29, 0.717) is 10.4 Å². The molecule has 0 saturated carbocycles. The normalized spacial score (nSPS) is 11.0. The van der Waals surface area contributed by atoms with Crippen LogP contribution in [-0.4, -0.2) is 32.5 Å². The molecule has 0 atom stereocenters. The maximum atomic E-state index is 11.6. The zero-order valence-corrected chi connectivity index (χ0v) is 11.0. The number of amides is 1. The maximum absolute atomic E-state index is 11.6. The second-order valence-electron chi connectivity index (χ2n) is 3.97. The molecule has 6 nitrogen and oxygen atoms in total. The molecule has 1 aromatic heterocycles. The van der Waals surface area contributed by atoms with Crippen molar-refractivity contribution in [3.63, 3.8) is 0 Å². The highest BCUT2D eigenvalue weighted by molar-refractivity contribution is 9.10. The molecule has 1 amide bonds. The summed E-state index contributed by atoms with van der Waals surface area (Å²) in [5, 5.41) is 11.3. The summed E-state index contributed by atoms with van der Waals surface area (Å²) in [6, 6.07) is 1.60. The van der Waals surface area contributed by atoms with Crippen molar-refractivity contribution in [1.82, 2.24) is 15.3 Å². The van der Waals surface area contributed by atoms with Crippen molar-refractivity contribution < 1.29 is 14.7 Å². The van der Waals surface area contributed by atoms with Crippen LogP contribution in [0.5, 0.6) is 0 Å². The van der Waals surface area contributed by atoms with Gasteiger partial charge in [-0.25, -0.2) is 14.8 Å². The van der Waals surface area contributed by atoms with Crippen LogP contribution >= 0.6 is 15.9 Å². The Morgan fingerprint density at radius 2 is 2.18 bits per heavy atom. The smallest absolute Gasteiger partial charge is 0.328 e. The van der Waals surface area contributed by atoms with E-state index < -0.39 is 17.4 Å². The third-order valence-electron chi connectivity index (χ3n) is 2.01. The molecule has 7 heteroatoms. The van der Waals surface area contributed by atoms with Crippen LogP contribution in [-0.2, 0) is 16.0 Å². The van der Waals surface area contributed by atoms with Gasteiger partial charge in [-0.15, -0.1) is 0 Å². The fourth-order valence-electron chi connectivity index (χ4n) is 1.08. The molecular formula is C10H12BrN3O3. The quantitative estimate of drug-likeness (QED) is 0.801. The fraction of sp³-hybridized carbons (Fsp3) is 0.400. The van der Waals surface area contributed by atoms with Gasteiger partial charge >= 0.3 is 5.97 Å². The Balaban J connectivity index is 2.65. The Morgan fingerprint density at radius 3 is 2.71 bits per heavy atom. The van der Waals surface area contributed by atoms with Crippen molar-refractivity contribution in [1.29, 1.82) is 0 Å². The minimum absolute atomic E-state index is 0.0117. The van der Waals surface area contributed by atoms with Crippen LogP contribution in [0, 0.1) is 0 Å². The van der Waals surface area contributed by atoms with Gasteiger partial charge in [0.05, 0.1) is 12.1 Å². The van der Waals surface area contributed by atoms with E-state index in [1.807, 2.05) is 0 Å². The molecule has 0 spiro atoms. The Bertz CT molecular complexity index is 448. The topological polar surface area (TPSA) is 92.2 Å². The van der Waals surface area contributed by atoms with Gasteiger partial charge in [-0.1, -0.05) is 0 Å². The minimum Gasteiger partial charge on any atom is -0.480 e. The Morgan fingerprint density at radius 1 is 1.53 bits per heavy atom. The first-order valence-electron chi connectivity index (χ1n) is 4.83. The number of carboxylic acid groups (broad SMARTS) is 1. The van der Waals surface area contributed by atoms with Gasteiger partial charge in [-0.05, 0) is 35.8 Å². The molecule has 0 radical (unpaired) electrons. The lowest BCUT2D eigenvalue weighted by Crippen LogP contribution is -2.50. The summed E-state index contributed by atoms with van der Waals surface area (Å²) in [7, 11) is 0. The van der Waals surface area contributed by atoms with Gasteiger partial charge in [0.25, 0.3) is 0 Å². The third-order valence-corrected chi connectivity index (χ3v) is 2.39. The van der Waals surface area contributed by atoms with Gasteiger partial charge < -0.3 is 10.4 Å². The van der Waals surface area contributed by atoms with Crippen molar-refractivity contribution in [2.75, 3.05) is 0 Å². The van der Waals surface area contributed by atoms with Gasteiger partial charge in [-0.2, -0.15) is 0 Å². The highest BCUT2D eigenvalue weighted by Crippen LogP contribution is 2.05. The van der Waals surface area contributed by atoms with E-state index in [1.165, 1.54) is 20.0 Å². The van der Waals surface area contributed by atoms with E-state index >= 15 is 0 Å². The lowest BCUT2D eigenvalue weighted by atomic mass is 10.1. The number of carbonyl (C=O) groups is 2. The Labute approximate surface area is 107 Å². The van der Waals surface area contributed by atoms with Crippen molar-refractivity contribution in [2.45, 2.75) is 25.8 Å². The van der Waals surface area contributed by atoms with Crippen LogP contribution in [0.3, 0.4) is 0 Å². The molecule has 0 bridgehead atoms. The lowest BCUT2D eigenvalue weighted by molar-refractivity contribution is -0.145. The van der Waals surface area contributed by atoms with E-state index in [1.54, 1.807) is 6.07 Å². The van der Waals surface area contributed by atoms with E-state index in [2.05, 4.69) is 31.2 Å². The first-order chi connectivity index (χ1) is 7.81. The van der Waals surface area contributed by atoms with Crippen LogP contribution in [0.4, 0.5) is 0 Å². The molecule has 2 N–H and O–H groups in total. The number of nitrogens with zero attached hydrogens (tertiary/aromatic N) is 2. The highest BCUT2D eigenvalue weighted by atomic mass is 79.9.